The van der Waals surface area contributed by atoms with Crippen molar-refractivity contribution >= 4 is 28.1 Å². The third-order valence-corrected chi connectivity index (χ3v) is 6.13. The van der Waals surface area contributed by atoms with Gasteiger partial charge in [-0.15, -0.1) is 0 Å². The number of ether oxygens (including phenoxy) is 3. The fourth-order valence-electron chi connectivity index (χ4n) is 3.70. The van der Waals surface area contributed by atoms with E-state index in [0.29, 0.717) is 28.6 Å². The number of amides is 1. The van der Waals surface area contributed by atoms with Crippen LogP contribution in [0.25, 0.3) is 5.69 Å². The smallest absolute Gasteiger partial charge is 0.307 e. The molecule has 0 radical (unpaired) electrons. The quantitative estimate of drug-likeness (QED) is 0.209. The molecular weight excluding hydrogens is 526 g/mol. The number of halogens is 1. The summed E-state index contributed by atoms with van der Waals surface area (Å²) < 4.78 is 24.9. The number of aryl methyl sites for hydroxylation is 2. The maximum absolute atomic E-state index is 12.4. The summed E-state index contributed by atoms with van der Waals surface area (Å²) in [4.78, 5) is 12.4. The van der Waals surface area contributed by atoms with Crippen molar-refractivity contribution in [2.45, 2.75) is 20.5 Å². The third-order valence-electron chi connectivity index (χ3n) is 5.51. The van der Waals surface area contributed by atoms with E-state index in [0.717, 1.165) is 10.2 Å². The van der Waals surface area contributed by atoms with Crippen LogP contribution in [0.15, 0.2) is 74.7 Å². The Hall–Kier alpha value is -3.98. The zero-order valence-corrected chi connectivity index (χ0v) is 22.0. The van der Waals surface area contributed by atoms with Gasteiger partial charge >= 0.3 is 5.91 Å². The van der Waals surface area contributed by atoms with Crippen LogP contribution in [0.2, 0.25) is 0 Å². The van der Waals surface area contributed by atoms with Crippen molar-refractivity contribution in [3.05, 3.63) is 93.6 Å². The molecule has 4 rings (SSSR count). The first-order chi connectivity index (χ1) is 17.4. The van der Waals surface area contributed by atoms with Crippen LogP contribution in [-0.4, -0.2) is 30.9 Å². The number of hydrogen-bond donors (Lipinski definition) is 1. The average Bonchev–Trinajstić information content (AvgIpc) is 3.49. The van der Waals surface area contributed by atoms with Crippen molar-refractivity contribution < 1.29 is 23.4 Å². The highest BCUT2D eigenvalue weighted by Crippen LogP contribution is 2.32. The first-order valence-corrected chi connectivity index (χ1v) is 11.9. The molecule has 36 heavy (non-hydrogen) atoms. The van der Waals surface area contributed by atoms with E-state index in [1.807, 2.05) is 24.3 Å². The summed E-state index contributed by atoms with van der Waals surface area (Å²) in [6.45, 7) is 4.33. The van der Waals surface area contributed by atoms with Crippen molar-refractivity contribution in [1.29, 1.82) is 0 Å². The molecule has 2 aromatic heterocycles. The summed E-state index contributed by atoms with van der Waals surface area (Å²) in [6.07, 6.45) is 1.48. The fourth-order valence-corrected chi connectivity index (χ4v) is 4.22. The number of carbonyl (C=O) groups is 1. The summed E-state index contributed by atoms with van der Waals surface area (Å²) >= 11 is 3.42. The van der Waals surface area contributed by atoms with Gasteiger partial charge in [0, 0.05) is 28.7 Å². The van der Waals surface area contributed by atoms with E-state index in [9.17, 15) is 4.79 Å². The average molecular weight is 552 g/mol. The van der Waals surface area contributed by atoms with Crippen LogP contribution in [0.5, 0.6) is 17.2 Å². The molecule has 0 unspecified atom stereocenters. The molecule has 9 heteroatoms. The number of hydrogen-bond acceptors (Lipinski definition) is 6. The summed E-state index contributed by atoms with van der Waals surface area (Å²) in [6, 6.07) is 18.8. The number of furan rings is 1. The first kappa shape index (κ1) is 25.1. The summed E-state index contributed by atoms with van der Waals surface area (Å²) in [7, 11) is 3.11. The number of methoxy groups -OCH3 is 2. The lowest BCUT2D eigenvalue weighted by Gasteiger charge is -2.10. The van der Waals surface area contributed by atoms with Gasteiger partial charge in [0.05, 0.1) is 24.9 Å². The Morgan fingerprint density at radius 1 is 1.00 bits per heavy atom. The number of hydrazone groups is 1. The molecule has 1 amide bonds. The molecule has 0 aliphatic rings. The lowest BCUT2D eigenvalue weighted by molar-refractivity contribution is 0.0923. The second-order valence-electron chi connectivity index (χ2n) is 7.93. The van der Waals surface area contributed by atoms with Gasteiger partial charge in [-0.1, -0.05) is 0 Å². The highest BCUT2D eigenvalue weighted by Gasteiger charge is 2.12. The number of aromatic nitrogens is 1. The lowest BCUT2D eigenvalue weighted by Crippen LogP contribution is -2.16. The number of carbonyl (C=O) groups excluding carboxylic acids is 1. The molecule has 2 aromatic carbocycles. The van der Waals surface area contributed by atoms with Crippen LogP contribution >= 0.6 is 15.9 Å². The Kier molecular flexibility index (Phi) is 7.80. The van der Waals surface area contributed by atoms with Crippen molar-refractivity contribution in [2.75, 3.05) is 14.2 Å². The first-order valence-electron chi connectivity index (χ1n) is 11.1. The van der Waals surface area contributed by atoms with Crippen LogP contribution in [0, 0.1) is 13.8 Å². The van der Waals surface area contributed by atoms with Crippen LogP contribution in [0.1, 0.15) is 33.3 Å². The van der Waals surface area contributed by atoms with Crippen LogP contribution in [0.4, 0.5) is 0 Å². The number of nitrogens with zero attached hydrogens (tertiary/aromatic N) is 2. The molecule has 0 aliphatic heterocycles. The fraction of sp³-hybridized carbons (Fsp3) is 0.185. The molecule has 2 heterocycles. The molecule has 0 spiro atoms. The van der Waals surface area contributed by atoms with Crippen LogP contribution in [0.3, 0.4) is 0 Å². The van der Waals surface area contributed by atoms with Gasteiger partial charge in [0.2, 0.25) is 0 Å². The SMILES string of the molecule is COc1cc(OC)c(/C=N/NC(=O)c2ccc(COc3ccc(-n4c(C)ccc4C)cc3)o2)cc1Br. The molecule has 0 atom stereocenters. The third kappa shape index (κ3) is 5.63. The second kappa shape index (κ2) is 11.2. The maximum atomic E-state index is 12.4. The minimum atomic E-state index is -0.481. The second-order valence-corrected chi connectivity index (χ2v) is 8.78. The zero-order valence-electron chi connectivity index (χ0n) is 20.4. The Labute approximate surface area is 217 Å². The number of nitrogens with one attached hydrogen (secondary N) is 1. The van der Waals surface area contributed by atoms with Gasteiger partial charge in [-0.3, -0.25) is 4.79 Å². The van der Waals surface area contributed by atoms with Gasteiger partial charge in [0.25, 0.3) is 0 Å². The van der Waals surface area contributed by atoms with Gasteiger partial charge < -0.3 is 23.2 Å². The molecule has 0 saturated heterocycles. The monoisotopic (exact) mass is 551 g/mol. The largest absolute Gasteiger partial charge is 0.496 e. The minimum Gasteiger partial charge on any atom is -0.496 e. The minimum absolute atomic E-state index is 0.127. The molecule has 1 N–H and O–H groups in total. The Morgan fingerprint density at radius 2 is 1.69 bits per heavy atom. The predicted octanol–water partition coefficient (Wildman–Crippen LogP) is 5.81. The van der Waals surface area contributed by atoms with Gasteiger partial charge in [0.1, 0.15) is 29.6 Å². The summed E-state index contributed by atoms with van der Waals surface area (Å²) in [5.74, 6) is 2.05. The van der Waals surface area contributed by atoms with Gasteiger partial charge in [-0.05, 0) is 84.4 Å². The van der Waals surface area contributed by atoms with Crippen molar-refractivity contribution in [1.82, 2.24) is 9.99 Å². The van der Waals surface area contributed by atoms with Crippen LogP contribution < -0.4 is 19.6 Å². The number of rotatable bonds is 9. The molecule has 8 nitrogen and oxygen atoms in total. The van der Waals surface area contributed by atoms with E-state index in [1.54, 1.807) is 38.5 Å². The Bertz CT molecular complexity index is 1370. The van der Waals surface area contributed by atoms with Gasteiger partial charge in [0.15, 0.2) is 5.76 Å². The van der Waals surface area contributed by atoms with Gasteiger partial charge in [-0.25, -0.2) is 5.43 Å². The molecule has 0 saturated carbocycles. The Balaban J connectivity index is 1.33. The van der Waals surface area contributed by atoms with Crippen molar-refractivity contribution in [2.24, 2.45) is 5.10 Å². The standard InChI is InChI=1S/C27H26BrN3O5/c1-17-5-6-18(2)31(17)20-7-9-21(10-8-20)35-16-22-11-12-24(36-22)27(32)30-29-15-19-13-23(28)26(34-4)14-25(19)33-3/h5-15H,16H2,1-4H3,(H,30,32)/b29-15+. The molecule has 0 aliphatic carbocycles. The van der Waals surface area contributed by atoms with E-state index in [-0.39, 0.29) is 12.4 Å². The molecule has 186 valence electrons. The highest BCUT2D eigenvalue weighted by atomic mass is 79.9. The zero-order chi connectivity index (χ0) is 25.7. The van der Waals surface area contributed by atoms with E-state index < -0.39 is 5.91 Å². The highest BCUT2D eigenvalue weighted by molar-refractivity contribution is 9.10. The van der Waals surface area contributed by atoms with E-state index in [2.05, 4.69) is 57.0 Å². The maximum Gasteiger partial charge on any atom is 0.307 e. The number of benzene rings is 2. The van der Waals surface area contributed by atoms with Crippen molar-refractivity contribution in [3.8, 4) is 22.9 Å². The van der Waals surface area contributed by atoms with Crippen LogP contribution in [-0.2, 0) is 6.61 Å². The molecule has 4 aromatic rings. The lowest BCUT2D eigenvalue weighted by atomic mass is 10.2. The molecule has 0 bridgehead atoms. The van der Waals surface area contributed by atoms with E-state index in [1.165, 1.54) is 17.6 Å². The van der Waals surface area contributed by atoms with E-state index >= 15 is 0 Å². The Morgan fingerprint density at radius 3 is 2.36 bits per heavy atom. The summed E-state index contributed by atoms with van der Waals surface area (Å²) in [5.41, 5.74) is 6.52. The molecular formula is C27H26BrN3O5. The van der Waals surface area contributed by atoms with Gasteiger partial charge in [-0.2, -0.15) is 5.10 Å². The van der Waals surface area contributed by atoms with Crippen molar-refractivity contribution in [3.63, 3.8) is 0 Å². The predicted molar refractivity (Wildman–Crippen MR) is 141 cm³/mol. The topological polar surface area (TPSA) is 87.2 Å². The van der Waals surface area contributed by atoms with E-state index in [4.69, 9.17) is 18.6 Å². The summed E-state index contributed by atoms with van der Waals surface area (Å²) in [5, 5.41) is 4.01. The normalized spacial score (nSPS) is 11.0. The molecule has 0 fully saturated rings.